The van der Waals surface area contributed by atoms with Crippen LogP contribution in [0, 0.1) is 0 Å². The maximum atomic E-state index is 12.2. The lowest BCUT2D eigenvalue weighted by molar-refractivity contribution is 0.0952. The van der Waals surface area contributed by atoms with Crippen molar-refractivity contribution in [3.8, 4) is 0 Å². The second-order valence-electron chi connectivity index (χ2n) is 6.71. The minimum absolute atomic E-state index is 0.0780. The van der Waals surface area contributed by atoms with E-state index in [-0.39, 0.29) is 5.91 Å². The molecular formula is C19H22N6O. The lowest BCUT2D eigenvalue weighted by Gasteiger charge is -2.08. The van der Waals surface area contributed by atoms with Crippen LogP contribution in [-0.4, -0.2) is 57.2 Å². The summed E-state index contributed by atoms with van der Waals surface area (Å²) >= 11 is 0. The normalized spacial score (nSPS) is 17.7. The minimum atomic E-state index is -0.0780. The van der Waals surface area contributed by atoms with E-state index in [9.17, 15) is 4.79 Å². The monoisotopic (exact) mass is 350 g/mol. The molecule has 0 saturated carbocycles. The SMILES string of the molecule is CN1CCC(c2nn(CCNC(=O)c3ccccc3)c3nccnc23)C1. The quantitative estimate of drug-likeness (QED) is 0.758. The fourth-order valence-electron chi connectivity index (χ4n) is 3.48. The van der Waals surface area contributed by atoms with Gasteiger partial charge in [0.15, 0.2) is 5.65 Å². The highest BCUT2D eigenvalue weighted by Crippen LogP contribution is 2.29. The van der Waals surface area contributed by atoms with Gasteiger partial charge in [0.2, 0.25) is 0 Å². The third-order valence-electron chi connectivity index (χ3n) is 4.82. The van der Waals surface area contributed by atoms with Crippen LogP contribution in [0.1, 0.15) is 28.4 Å². The number of carbonyl (C=O) groups excluding carboxylic acids is 1. The number of likely N-dealkylation sites (tertiary alicyclic amines) is 1. The molecule has 1 aliphatic rings. The molecule has 1 fully saturated rings. The molecule has 7 heteroatoms. The Balaban J connectivity index is 1.49. The second kappa shape index (κ2) is 7.21. The highest BCUT2D eigenvalue weighted by atomic mass is 16.1. The second-order valence-corrected chi connectivity index (χ2v) is 6.71. The Labute approximate surface area is 152 Å². The Morgan fingerprint density at radius 3 is 2.81 bits per heavy atom. The summed E-state index contributed by atoms with van der Waals surface area (Å²) in [5.74, 6) is 0.310. The van der Waals surface area contributed by atoms with Gasteiger partial charge in [-0.15, -0.1) is 0 Å². The van der Waals surface area contributed by atoms with Gasteiger partial charge in [0.1, 0.15) is 5.52 Å². The third-order valence-corrected chi connectivity index (χ3v) is 4.82. The van der Waals surface area contributed by atoms with E-state index in [0.29, 0.717) is 24.6 Å². The number of nitrogens with zero attached hydrogens (tertiary/aromatic N) is 5. The summed E-state index contributed by atoms with van der Waals surface area (Å²) in [6.07, 6.45) is 4.49. The van der Waals surface area contributed by atoms with Crippen molar-refractivity contribution in [2.24, 2.45) is 0 Å². The summed E-state index contributed by atoms with van der Waals surface area (Å²) in [7, 11) is 2.13. The van der Waals surface area contributed by atoms with Gasteiger partial charge in [-0.05, 0) is 32.1 Å². The van der Waals surface area contributed by atoms with Crippen LogP contribution >= 0.6 is 0 Å². The van der Waals surface area contributed by atoms with Crippen LogP contribution in [0.2, 0.25) is 0 Å². The number of aromatic nitrogens is 4. The summed E-state index contributed by atoms with van der Waals surface area (Å²) < 4.78 is 1.86. The Morgan fingerprint density at radius 1 is 1.23 bits per heavy atom. The molecule has 134 valence electrons. The first-order valence-corrected chi connectivity index (χ1v) is 8.91. The van der Waals surface area contributed by atoms with Crippen molar-refractivity contribution in [2.75, 3.05) is 26.7 Å². The molecule has 0 aliphatic carbocycles. The molecule has 0 radical (unpaired) electrons. The van der Waals surface area contributed by atoms with Crippen LogP contribution < -0.4 is 5.32 Å². The zero-order valence-electron chi connectivity index (χ0n) is 14.8. The molecule has 1 amide bonds. The number of fused-ring (bicyclic) bond motifs is 1. The van der Waals surface area contributed by atoms with Gasteiger partial charge in [-0.25, -0.2) is 14.6 Å². The van der Waals surface area contributed by atoms with E-state index >= 15 is 0 Å². The maximum absolute atomic E-state index is 12.2. The summed E-state index contributed by atoms with van der Waals surface area (Å²) in [5.41, 5.74) is 3.34. The number of likely N-dealkylation sites (N-methyl/N-ethyl adjacent to an activating group) is 1. The van der Waals surface area contributed by atoms with Gasteiger partial charge in [0, 0.05) is 37.0 Å². The first-order valence-electron chi connectivity index (χ1n) is 8.91. The van der Waals surface area contributed by atoms with Crippen LogP contribution in [-0.2, 0) is 6.54 Å². The zero-order valence-corrected chi connectivity index (χ0v) is 14.8. The average molecular weight is 350 g/mol. The first kappa shape index (κ1) is 16.7. The Hall–Kier alpha value is -2.80. The van der Waals surface area contributed by atoms with Crippen LogP contribution in [0.15, 0.2) is 42.7 Å². The molecule has 1 unspecified atom stereocenters. The van der Waals surface area contributed by atoms with E-state index < -0.39 is 0 Å². The molecule has 7 nitrogen and oxygen atoms in total. The van der Waals surface area contributed by atoms with Crippen LogP contribution in [0.25, 0.3) is 11.2 Å². The summed E-state index contributed by atoms with van der Waals surface area (Å²) in [5, 5.41) is 7.73. The van der Waals surface area contributed by atoms with Crippen molar-refractivity contribution in [3.63, 3.8) is 0 Å². The molecule has 0 spiro atoms. The largest absolute Gasteiger partial charge is 0.350 e. The van der Waals surface area contributed by atoms with Crippen molar-refractivity contribution in [2.45, 2.75) is 18.9 Å². The van der Waals surface area contributed by atoms with Crippen LogP contribution in [0.5, 0.6) is 0 Å². The Morgan fingerprint density at radius 2 is 2.04 bits per heavy atom. The number of rotatable bonds is 5. The van der Waals surface area contributed by atoms with Gasteiger partial charge in [-0.3, -0.25) is 4.79 Å². The number of hydrogen-bond acceptors (Lipinski definition) is 5. The van der Waals surface area contributed by atoms with Gasteiger partial charge in [0.05, 0.1) is 12.2 Å². The number of nitrogens with one attached hydrogen (secondary N) is 1. The van der Waals surface area contributed by atoms with Crippen molar-refractivity contribution in [1.82, 2.24) is 30.0 Å². The fourth-order valence-corrected chi connectivity index (χ4v) is 3.48. The minimum Gasteiger partial charge on any atom is -0.350 e. The molecule has 1 aliphatic heterocycles. The van der Waals surface area contributed by atoms with E-state index in [1.807, 2.05) is 22.9 Å². The van der Waals surface area contributed by atoms with Gasteiger partial charge in [-0.2, -0.15) is 5.10 Å². The highest BCUT2D eigenvalue weighted by molar-refractivity contribution is 5.94. The summed E-state index contributed by atoms with van der Waals surface area (Å²) in [6, 6.07) is 9.22. The zero-order chi connectivity index (χ0) is 17.9. The predicted octanol–water partition coefficient (Wildman–Crippen LogP) is 1.68. The summed E-state index contributed by atoms with van der Waals surface area (Å²) in [6.45, 7) is 3.13. The standard InChI is InChI=1S/C19H22N6O/c1-24-11-7-15(13-24)16-17-18(21-9-8-20-17)25(23-16)12-10-22-19(26)14-5-3-2-4-6-14/h2-6,8-9,15H,7,10-13H2,1H3,(H,22,26). The predicted molar refractivity (Wildman–Crippen MR) is 99.0 cm³/mol. The van der Waals surface area contributed by atoms with Gasteiger partial charge >= 0.3 is 0 Å². The molecule has 1 saturated heterocycles. The van der Waals surface area contributed by atoms with E-state index in [2.05, 4.69) is 27.2 Å². The molecule has 1 atom stereocenters. The smallest absolute Gasteiger partial charge is 0.251 e. The molecule has 0 bridgehead atoms. The van der Waals surface area contributed by atoms with E-state index in [1.54, 1.807) is 24.5 Å². The molecule has 1 aromatic carbocycles. The van der Waals surface area contributed by atoms with Crippen molar-refractivity contribution < 1.29 is 4.79 Å². The van der Waals surface area contributed by atoms with E-state index in [4.69, 9.17) is 5.10 Å². The van der Waals surface area contributed by atoms with Gasteiger partial charge in [-0.1, -0.05) is 18.2 Å². The molecule has 4 rings (SSSR count). The Kier molecular flexibility index (Phi) is 4.62. The molecule has 26 heavy (non-hydrogen) atoms. The number of amides is 1. The molecule has 3 heterocycles. The highest BCUT2D eigenvalue weighted by Gasteiger charge is 2.27. The topological polar surface area (TPSA) is 75.9 Å². The number of benzene rings is 1. The lowest BCUT2D eigenvalue weighted by atomic mass is 10.0. The third kappa shape index (κ3) is 3.30. The number of carbonyl (C=O) groups is 1. The van der Waals surface area contributed by atoms with Crippen molar-refractivity contribution >= 4 is 17.1 Å². The Bertz CT molecular complexity index is 907. The molecule has 1 N–H and O–H groups in total. The lowest BCUT2D eigenvalue weighted by Crippen LogP contribution is -2.27. The van der Waals surface area contributed by atoms with Gasteiger partial charge in [0.25, 0.3) is 5.91 Å². The summed E-state index contributed by atoms with van der Waals surface area (Å²) in [4.78, 5) is 23.5. The van der Waals surface area contributed by atoms with Crippen LogP contribution in [0.3, 0.4) is 0 Å². The van der Waals surface area contributed by atoms with Crippen molar-refractivity contribution in [1.29, 1.82) is 0 Å². The molecule has 2 aromatic heterocycles. The van der Waals surface area contributed by atoms with E-state index in [0.717, 1.165) is 36.4 Å². The molecule has 3 aromatic rings. The fraction of sp³-hybridized carbons (Fsp3) is 0.368. The number of hydrogen-bond donors (Lipinski definition) is 1. The van der Waals surface area contributed by atoms with Crippen LogP contribution in [0.4, 0.5) is 0 Å². The maximum Gasteiger partial charge on any atom is 0.251 e. The van der Waals surface area contributed by atoms with Crippen molar-refractivity contribution in [3.05, 3.63) is 54.0 Å². The van der Waals surface area contributed by atoms with E-state index in [1.165, 1.54) is 0 Å². The average Bonchev–Trinajstić information content (AvgIpc) is 3.26. The molecular weight excluding hydrogens is 328 g/mol. The first-order chi connectivity index (χ1) is 12.7. The van der Waals surface area contributed by atoms with Gasteiger partial charge < -0.3 is 10.2 Å².